The van der Waals surface area contributed by atoms with Crippen molar-refractivity contribution in [1.29, 1.82) is 0 Å². The van der Waals surface area contributed by atoms with E-state index in [2.05, 4.69) is 18.3 Å². The molecule has 1 heterocycles. The lowest BCUT2D eigenvalue weighted by molar-refractivity contribution is 0.0677. The van der Waals surface area contributed by atoms with Crippen LogP contribution in [0.2, 0.25) is 0 Å². The number of ether oxygens (including phenoxy) is 2. The van der Waals surface area contributed by atoms with E-state index in [1.54, 1.807) is 0 Å². The zero-order valence-corrected chi connectivity index (χ0v) is 10.3. The van der Waals surface area contributed by atoms with E-state index in [0.29, 0.717) is 6.61 Å². The molecule has 3 heteroatoms. The molecule has 0 radical (unpaired) electrons. The molecule has 1 aliphatic rings. The Morgan fingerprint density at radius 2 is 2.18 bits per heavy atom. The molecule has 0 amide bonds. The van der Waals surface area contributed by atoms with Crippen molar-refractivity contribution in [3.05, 3.63) is 36.4 Å². The van der Waals surface area contributed by atoms with E-state index in [1.807, 2.05) is 37.3 Å². The van der Waals surface area contributed by atoms with Crippen LogP contribution in [-0.4, -0.2) is 25.3 Å². The normalized spacial score (nSPS) is 20.5. The molecule has 0 saturated heterocycles. The number of hydrogen-bond acceptors (Lipinski definition) is 3. The molecular formula is C14H19NO2. The van der Waals surface area contributed by atoms with Crippen LogP contribution in [0.1, 0.15) is 13.8 Å². The van der Waals surface area contributed by atoms with Gasteiger partial charge in [0.25, 0.3) is 0 Å². The summed E-state index contributed by atoms with van der Waals surface area (Å²) in [5.74, 6) is 1.67. The molecule has 0 saturated carbocycles. The number of nitrogens with one attached hydrogen (secondary N) is 1. The molecule has 17 heavy (non-hydrogen) atoms. The van der Waals surface area contributed by atoms with Crippen molar-refractivity contribution in [2.75, 3.05) is 13.2 Å². The van der Waals surface area contributed by atoms with Crippen LogP contribution in [-0.2, 0) is 0 Å². The number of hydrogen-bond donors (Lipinski definition) is 1. The summed E-state index contributed by atoms with van der Waals surface area (Å²) in [4.78, 5) is 0. The van der Waals surface area contributed by atoms with Gasteiger partial charge in [0.1, 0.15) is 12.7 Å². The molecule has 2 atom stereocenters. The van der Waals surface area contributed by atoms with Gasteiger partial charge in [-0.2, -0.15) is 0 Å². The number of benzene rings is 1. The smallest absolute Gasteiger partial charge is 0.161 e. The maximum atomic E-state index is 5.91. The van der Waals surface area contributed by atoms with Crippen molar-refractivity contribution >= 4 is 0 Å². The first-order valence-electron chi connectivity index (χ1n) is 6.04. The van der Waals surface area contributed by atoms with Crippen molar-refractivity contribution in [2.45, 2.75) is 26.0 Å². The standard InChI is InChI=1S/C14H19NO2/c1-3-4-9-15-11(2)14-10-16-12-7-5-6-8-13(12)17-14/h3-8,11,14-15H,9-10H2,1-2H3/b4-3+. The van der Waals surface area contributed by atoms with Crippen molar-refractivity contribution in [2.24, 2.45) is 0 Å². The molecule has 0 spiro atoms. The van der Waals surface area contributed by atoms with Crippen molar-refractivity contribution < 1.29 is 9.47 Å². The van der Waals surface area contributed by atoms with Crippen LogP contribution < -0.4 is 14.8 Å². The minimum Gasteiger partial charge on any atom is -0.486 e. The molecule has 0 aromatic heterocycles. The highest BCUT2D eigenvalue weighted by Gasteiger charge is 2.25. The largest absolute Gasteiger partial charge is 0.486 e. The average Bonchev–Trinajstić information content (AvgIpc) is 2.38. The summed E-state index contributed by atoms with van der Waals surface area (Å²) in [7, 11) is 0. The number of allylic oxidation sites excluding steroid dienone is 1. The highest BCUT2D eigenvalue weighted by Crippen LogP contribution is 2.31. The van der Waals surface area contributed by atoms with Crippen molar-refractivity contribution in [3.8, 4) is 11.5 Å². The Hall–Kier alpha value is -1.48. The van der Waals surface area contributed by atoms with E-state index in [1.165, 1.54) is 0 Å². The van der Waals surface area contributed by atoms with Gasteiger partial charge in [0.05, 0.1) is 0 Å². The molecule has 0 fully saturated rings. The molecule has 3 nitrogen and oxygen atoms in total. The van der Waals surface area contributed by atoms with Gasteiger partial charge in [-0.15, -0.1) is 0 Å². The summed E-state index contributed by atoms with van der Waals surface area (Å²) >= 11 is 0. The summed E-state index contributed by atoms with van der Waals surface area (Å²) in [5, 5.41) is 3.39. The lowest BCUT2D eigenvalue weighted by Crippen LogP contribution is -2.46. The monoisotopic (exact) mass is 233 g/mol. The first-order chi connectivity index (χ1) is 8.31. The summed E-state index contributed by atoms with van der Waals surface area (Å²) in [6, 6.07) is 8.06. The van der Waals surface area contributed by atoms with E-state index in [0.717, 1.165) is 18.0 Å². The van der Waals surface area contributed by atoms with Gasteiger partial charge in [0, 0.05) is 12.6 Å². The fourth-order valence-corrected chi connectivity index (χ4v) is 1.79. The second-order valence-electron chi connectivity index (χ2n) is 4.18. The lowest BCUT2D eigenvalue weighted by Gasteiger charge is -2.30. The van der Waals surface area contributed by atoms with Crippen LogP contribution in [0.15, 0.2) is 36.4 Å². The quantitative estimate of drug-likeness (QED) is 0.810. The third kappa shape index (κ3) is 3.01. The molecule has 1 aromatic carbocycles. The average molecular weight is 233 g/mol. The van der Waals surface area contributed by atoms with Crippen LogP contribution in [0.3, 0.4) is 0 Å². The SMILES string of the molecule is C/C=C/CNC(C)C1COc2ccccc2O1. The van der Waals surface area contributed by atoms with Gasteiger partial charge in [-0.3, -0.25) is 0 Å². The minimum absolute atomic E-state index is 0.0650. The van der Waals surface area contributed by atoms with E-state index < -0.39 is 0 Å². The van der Waals surface area contributed by atoms with Crippen LogP contribution in [0.4, 0.5) is 0 Å². The Kier molecular flexibility index (Phi) is 4.04. The fraction of sp³-hybridized carbons (Fsp3) is 0.429. The first-order valence-corrected chi connectivity index (χ1v) is 6.04. The molecule has 2 unspecified atom stereocenters. The Labute approximate surface area is 102 Å². The van der Waals surface area contributed by atoms with Gasteiger partial charge in [0.2, 0.25) is 0 Å². The lowest BCUT2D eigenvalue weighted by atomic mass is 10.1. The Bertz CT molecular complexity index is 390. The predicted octanol–water partition coefficient (Wildman–Crippen LogP) is 2.38. The maximum Gasteiger partial charge on any atom is 0.161 e. The molecule has 0 bridgehead atoms. The number of para-hydroxylation sites is 2. The zero-order valence-electron chi connectivity index (χ0n) is 10.3. The summed E-state index contributed by atoms with van der Waals surface area (Å²) in [6.07, 6.45) is 4.19. The zero-order chi connectivity index (χ0) is 12.1. The predicted molar refractivity (Wildman–Crippen MR) is 68.6 cm³/mol. The molecule has 92 valence electrons. The third-order valence-electron chi connectivity index (χ3n) is 2.88. The maximum absolute atomic E-state index is 5.91. The van der Waals surface area contributed by atoms with Gasteiger partial charge < -0.3 is 14.8 Å². The molecule has 1 N–H and O–H groups in total. The second-order valence-corrected chi connectivity index (χ2v) is 4.18. The second kappa shape index (κ2) is 5.73. The van der Waals surface area contributed by atoms with E-state index in [9.17, 15) is 0 Å². The number of fused-ring (bicyclic) bond motifs is 1. The van der Waals surface area contributed by atoms with Crippen molar-refractivity contribution in [1.82, 2.24) is 5.32 Å². The summed E-state index contributed by atoms with van der Waals surface area (Å²) in [6.45, 7) is 5.59. The summed E-state index contributed by atoms with van der Waals surface area (Å²) in [5.41, 5.74) is 0. The van der Waals surface area contributed by atoms with Crippen LogP contribution in [0, 0.1) is 0 Å². The molecule has 1 aliphatic heterocycles. The Balaban J connectivity index is 1.93. The Morgan fingerprint density at radius 1 is 1.41 bits per heavy atom. The van der Waals surface area contributed by atoms with Crippen molar-refractivity contribution in [3.63, 3.8) is 0 Å². The highest BCUT2D eigenvalue weighted by molar-refractivity contribution is 5.40. The molecule has 0 aliphatic carbocycles. The Morgan fingerprint density at radius 3 is 2.94 bits per heavy atom. The van der Waals surface area contributed by atoms with Crippen LogP contribution >= 0.6 is 0 Å². The van der Waals surface area contributed by atoms with Gasteiger partial charge in [-0.25, -0.2) is 0 Å². The highest BCUT2D eigenvalue weighted by atomic mass is 16.6. The van der Waals surface area contributed by atoms with E-state index in [-0.39, 0.29) is 12.1 Å². The van der Waals surface area contributed by atoms with Crippen LogP contribution in [0.25, 0.3) is 0 Å². The molecule has 2 rings (SSSR count). The summed E-state index contributed by atoms with van der Waals surface area (Å²) < 4.78 is 11.6. The van der Waals surface area contributed by atoms with E-state index in [4.69, 9.17) is 9.47 Å². The minimum atomic E-state index is 0.0650. The third-order valence-corrected chi connectivity index (χ3v) is 2.88. The topological polar surface area (TPSA) is 30.5 Å². The van der Waals surface area contributed by atoms with Gasteiger partial charge in [-0.1, -0.05) is 24.3 Å². The molecular weight excluding hydrogens is 214 g/mol. The van der Waals surface area contributed by atoms with Gasteiger partial charge in [0.15, 0.2) is 11.5 Å². The fourth-order valence-electron chi connectivity index (χ4n) is 1.79. The van der Waals surface area contributed by atoms with Gasteiger partial charge in [-0.05, 0) is 26.0 Å². The van der Waals surface area contributed by atoms with Gasteiger partial charge >= 0.3 is 0 Å². The first kappa shape index (κ1) is 12.0. The van der Waals surface area contributed by atoms with Crippen LogP contribution in [0.5, 0.6) is 11.5 Å². The molecule has 1 aromatic rings. The van der Waals surface area contributed by atoms with E-state index >= 15 is 0 Å². The number of rotatable bonds is 4.